The second kappa shape index (κ2) is 21.0. The van der Waals surface area contributed by atoms with Crippen molar-refractivity contribution in [1.82, 2.24) is 20.0 Å². The topological polar surface area (TPSA) is 74.9 Å². The number of benzene rings is 4. The van der Waals surface area contributed by atoms with Gasteiger partial charge in [0.2, 0.25) is 0 Å². The summed E-state index contributed by atoms with van der Waals surface area (Å²) in [5.41, 5.74) is 6.60. The zero-order valence-electron chi connectivity index (χ0n) is 32.8. The maximum absolute atomic E-state index is 5.05. The van der Waals surface area contributed by atoms with Gasteiger partial charge in [-0.1, -0.05) is 70.9 Å². The molecule has 0 amide bonds. The van der Waals surface area contributed by atoms with Crippen LogP contribution in [0.15, 0.2) is 130 Å². The van der Waals surface area contributed by atoms with Crippen LogP contribution in [0.5, 0.6) is 0 Å². The summed E-state index contributed by atoms with van der Waals surface area (Å²) in [6.45, 7) is 3.38. The van der Waals surface area contributed by atoms with Gasteiger partial charge >= 0.3 is 61.5 Å². The second-order valence-electron chi connectivity index (χ2n) is 13.4. The number of nitrogens with zero attached hydrogens (tertiary/aromatic N) is 12. The van der Waals surface area contributed by atoms with Gasteiger partial charge in [-0.05, 0) is 59.7 Å². The van der Waals surface area contributed by atoms with E-state index in [4.69, 9.17) is 38.8 Å². The summed E-state index contributed by atoms with van der Waals surface area (Å²) in [6.07, 6.45) is 0. The zero-order chi connectivity index (χ0) is 40.1. The van der Waals surface area contributed by atoms with Crippen LogP contribution in [0.3, 0.4) is 0 Å². The van der Waals surface area contributed by atoms with E-state index in [0.29, 0.717) is 0 Å². The molecule has 55 heavy (non-hydrogen) atoms. The van der Waals surface area contributed by atoms with Crippen LogP contribution >= 0.6 is 38.8 Å². The van der Waals surface area contributed by atoms with Crippen molar-refractivity contribution < 1.29 is 20.0 Å². The number of rotatable bonds is 8. The Bertz CT molecular complexity index is 1780. The van der Waals surface area contributed by atoms with E-state index in [2.05, 4.69) is 136 Å². The number of guanidine groups is 2. The van der Waals surface area contributed by atoms with Crippen LogP contribution in [-0.2, 0) is 23.9 Å². The third kappa shape index (κ3) is 14.4. The summed E-state index contributed by atoms with van der Waals surface area (Å²) in [7, 11) is 33.0. The minimum absolute atomic E-state index is 0.814. The summed E-state index contributed by atoms with van der Waals surface area (Å²) in [5, 5.41) is 25.6. The molecule has 0 spiro atoms. The molecule has 0 aliphatic carbocycles. The van der Waals surface area contributed by atoms with Crippen LogP contribution in [0.25, 0.3) is 0 Å². The fourth-order valence-corrected chi connectivity index (χ4v) is 5.66. The van der Waals surface area contributed by atoms with Crippen molar-refractivity contribution in [3.05, 3.63) is 120 Å². The Kier molecular flexibility index (Phi) is 16.8. The number of hydrazine groups is 2. The molecule has 2 aliphatic heterocycles. The first-order valence-corrected chi connectivity index (χ1v) is 33.3. The first kappa shape index (κ1) is 44.0. The fraction of sp³-hybridized carbons (Fsp3) is 0.316. The Morgan fingerprint density at radius 1 is 0.527 bits per heavy atom. The molecule has 2 aliphatic rings. The average Bonchev–Trinajstić information content (AvgIpc) is 3.55. The molecular weight excluding hydrogens is 832 g/mol. The van der Waals surface area contributed by atoms with Crippen molar-refractivity contribution in [3.63, 3.8) is 0 Å². The number of halogens is 4. The summed E-state index contributed by atoms with van der Waals surface area (Å²) < 4.78 is 4.12. The van der Waals surface area contributed by atoms with Gasteiger partial charge in [0.15, 0.2) is 0 Å². The first-order valence-electron chi connectivity index (χ1n) is 17.8. The number of hydrogen-bond acceptors (Lipinski definition) is 10. The van der Waals surface area contributed by atoms with Gasteiger partial charge in [0.05, 0.1) is 28.2 Å². The van der Waals surface area contributed by atoms with Gasteiger partial charge in [-0.3, -0.25) is 0 Å². The number of hydrogen-bond donors (Lipinski definition) is 0. The molecule has 0 fully saturated rings. The normalized spacial score (nSPS) is 15.1. The molecule has 0 saturated carbocycles. The van der Waals surface area contributed by atoms with Crippen molar-refractivity contribution in [1.29, 1.82) is 0 Å². The Balaban J connectivity index is 0.000000218. The van der Waals surface area contributed by atoms with Gasteiger partial charge in [-0.25, -0.2) is 9.15 Å². The molecule has 12 nitrogen and oxygen atoms in total. The van der Waals surface area contributed by atoms with Gasteiger partial charge in [-0.2, -0.15) is 10.0 Å². The van der Waals surface area contributed by atoms with Crippen molar-refractivity contribution in [3.8, 4) is 0 Å². The molecule has 0 aromatic heterocycles. The third-order valence-electron chi connectivity index (χ3n) is 8.74. The van der Waals surface area contributed by atoms with E-state index in [9.17, 15) is 0 Å². The van der Waals surface area contributed by atoms with E-state index in [-0.39, 0.29) is 0 Å². The summed E-state index contributed by atoms with van der Waals surface area (Å²) in [5.74, 6) is 1.68. The van der Waals surface area contributed by atoms with Crippen molar-refractivity contribution >= 4 is 73.4 Å². The van der Waals surface area contributed by atoms with Crippen LogP contribution in [-0.4, -0.2) is 111 Å². The van der Waals surface area contributed by atoms with E-state index < -0.39 is 10.8 Å². The zero-order valence-corrected chi connectivity index (χ0v) is 38.8. The molecule has 0 radical (unpaired) electrons. The molecule has 17 heteroatoms. The Labute approximate surface area is 344 Å². The van der Waals surface area contributed by atoms with Gasteiger partial charge in [0.1, 0.15) is 24.7 Å². The average molecular weight is 882 g/mol. The monoisotopic (exact) mass is 878 g/mol. The minimum atomic E-state index is -3.36. The third-order valence-corrected chi connectivity index (χ3v) is 8.74. The summed E-state index contributed by atoms with van der Waals surface area (Å²) in [4.78, 5) is 4.44. The predicted molar refractivity (Wildman–Crippen MR) is 226 cm³/mol. The van der Waals surface area contributed by atoms with Gasteiger partial charge in [0.25, 0.3) is 0 Å². The Morgan fingerprint density at radius 3 is 1.11 bits per heavy atom. The molecule has 0 bridgehead atoms. The molecule has 292 valence electrons. The van der Waals surface area contributed by atoms with E-state index in [1.165, 1.54) is 11.1 Å². The number of azo groups is 2. The molecule has 4 aromatic rings. The van der Waals surface area contributed by atoms with Crippen molar-refractivity contribution in [2.45, 2.75) is 13.1 Å². The van der Waals surface area contributed by atoms with Crippen molar-refractivity contribution in [2.75, 3.05) is 79.5 Å². The molecule has 0 N–H and O–H groups in total. The molecule has 2 heterocycles. The maximum atomic E-state index is 5.05. The van der Waals surface area contributed by atoms with E-state index >= 15 is 0 Å². The van der Waals surface area contributed by atoms with E-state index in [1.807, 2.05) is 88.7 Å². The van der Waals surface area contributed by atoms with Crippen LogP contribution in [0.4, 0.5) is 22.7 Å². The molecule has 0 saturated heterocycles. The van der Waals surface area contributed by atoms with Gasteiger partial charge in [0, 0.05) is 62.9 Å². The molecule has 0 unspecified atom stereocenters. The second-order valence-corrected chi connectivity index (χ2v) is 41.1. The summed E-state index contributed by atoms with van der Waals surface area (Å²) >= 11 is 0. The van der Waals surface area contributed by atoms with Crippen LogP contribution in [0.2, 0.25) is 0 Å². The Hall–Kier alpha value is -3.68. The standard InChI is InChI=1S/2C19H25N6.4ClH.Zn/c2*1-22(14-16-8-6-5-7-9-16)18-12-10-17(11-13-18)20-21-19-23(2)15-24(3)25(19)4;;;;;/h2*5-13H,14-15H2,1-4H3;4*1H;/q2*+1;;;;;+2/p-4. The Morgan fingerprint density at radius 2 is 0.836 bits per heavy atom. The van der Waals surface area contributed by atoms with Crippen LogP contribution < -0.4 is 9.80 Å². The molecule has 0 atom stereocenters. The predicted octanol–water partition coefficient (Wildman–Crippen LogP) is 9.06. The molecule has 6 rings (SSSR count). The van der Waals surface area contributed by atoms with E-state index in [0.717, 1.165) is 61.1 Å². The first-order chi connectivity index (χ1) is 26.1. The fourth-order valence-electron chi connectivity index (χ4n) is 5.66. The van der Waals surface area contributed by atoms with E-state index in [1.54, 1.807) is 0 Å². The van der Waals surface area contributed by atoms with Crippen LogP contribution in [0.1, 0.15) is 11.1 Å². The molecule has 4 aromatic carbocycles. The quantitative estimate of drug-likeness (QED) is 0.100. The van der Waals surface area contributed by atoms with Gasteiger partial charge in [-0.15, -0.1) is 10.0 Å². The van der Waals surface area contributed by atoms with Gasteiger partial charge < -0.3 is 9.80 Å². The number of anilines is 2. The SMILES string of the molecule is CN(Cc1ccccc1)c1ccc(N=NC2=[N+](C)CN(C)N2C)cc1.CN(Cc1ccccc1)c1ccc(N=NC2=[N+](C)CN(C)N2C)cc1.[Cl][Zn-2]([Cl])([Cl])[Cl]. The molecular formula is C38H50Cl4N12Zn. The summed E-state index contributed by atoms with van der Waals surface area (Å²) in [6, 6.07) is 37.2. The van der Waals surface area contributed by atoms with Crippen molar-refractivity contribution in [2.24, 2.45) is 20.5 Å². The van der Waals surface area contributed by atoms with Crippen LogP contribution in [0, 0.1) is 0 Å².